The van der Waals surface area contributed by atoms with E-state index in [1.54, 1.807) is 0 Å². The first-order valence-electron chi connectivity index (χ1n) is 19.4. The zero-order valence-electron chi connectivity index (χ0n) is 30.8. The summed E-state index contributed by atoms with van der Waals surface area (Å²) in [5.41, 5.74) is 12.6. The molecule has 0 atom stereocenters. The lowest BCUT2D eigenvalue weighted by Gasteiger charge is -2.14. The SMILES string of the molecule is c1ccc(-c2ccc(-c3cc(-c4cccc5c4sc4ccccc45)nc(-n4c5ccccc5c5c4ccc4c6ccccc6n(-c6ccccc6)c45)c3)cc2)cc1. The summed E-state index contributed by atoms with van der Waals surface area (Å²) in [5.74, 6) is 0.890. The molecular formula is C53H33N3S. The van der Waals surface area contributed by atoms with Crippen molar-refractivity contribution < 1.29 is 0 Å². The molecule has 57 heavy (non-hydrogen) atoms. The largest absolute Gasteiger partial charge is 0.309 e. The minimum atomic E-state index is 0.890. The third-order valence-corrected chi connectivity index (χ3v) is 12.8. The fourth-order valence-corrected chi connectivity index (χ4v) is 10.2. The second-order valence-corrected chi connectivity index (χ2v) is 15.8. The first-order valence-corrected chi connectivity index (χ1v) is 20.2. The third-order valence-electron chi connectivity index (χ3n) is 11.5. The van der Waals surface area contributed by atoms with E-state index >= 15 is 0 Å². The molecule has 0 N–H and O–H groups in total. The van der Waals surface area contributed by atoms with E-state index in [4.69, 9.17) is 4.98 Å². The number of hydrogen-bond acceptors (Lipinski definition) is 2. The van der Waals surface area contributed by atoms with Crippen molar-refractivity contribution in [1.82, 2.24) is 14.1 Å². The van der Waals surface area contributed by atoms with Crippen LogP contribution in [0.5, 0.6) is 0 Å². The van der Waals surface area contributed by atoms with Crippen LogP contribution in [0, 0.1) is 0 Å². The van der Waals surface area contributed by atoms with Gasteiger partial charge in [-0.3, -0.25) is 4.57 Å². The molecule has 0 saturated heterocycles. The molecule has 0 saturated carbocycles. The van der Waals surface area contributed by atoms with Crippen LogP contribution in [-0.2, 0) is 0 Å². The lowest BCUT2D eigenvalue weighted by molar-refractivity contribution is 1.09. The van der Waals surface area contributed by atoms with E-state index in [1.807, 2.05) is 11.3 Å². The number of thiophene rings is 1. The molecule has 0 amide bonds. The van der Waals surface area contributed by atoms with Gasteiger partial charge in [-0.15, -0.1) is 11.3 Å². The lowest BCUT2D eigenvalue weighted by atomic mass is 9.99. The maximum atomic E-state index is 5.62. The molecule has 0 radical (unpaired) electrons. The van der Waals surface area contributed by atoms with Crippen LogP contribution in [0.3, 0.4) is 0 Å². The van der Waals surface area contributed by atoms with Crippen molar-refractivity contribution in [3.8, 4) is 45.0 Å². The number of aromatic nitrogens is 3. The van der Waals surface area contributed by atoms with Crippen LogP contribution in [0.4, 0.5) is 0 Å². The Morgan fingerprint density at radius 3 is 1.79 bits per heavy atom. The molecule has 3 nitrogen and oxygen atoms in total. The van der Waals surface area contributed by atoms with Gasteiger partial charge in [0.1, 0.15) is 5.82 Å². The van der Waals surface area contributed by atoms with E-state index in [2.05, 4.69) is 209 Å². The van der Waals surface area contributed by atoms with Crippen molar-refractivity contribution in [3.63, 3.8) is 0 Å². The first kappa shape index (κ1) is 32.0. The number of hydrogen-bond donors (Lipinski definition) is 0. The van der Waals surface area contributed by atoms with Gasteiger partial charge in [0.25, 0.3) is 0 Å². The fraction of sp³-hybridized carbons (Fsp3) is 0. The zero-order valence-corrected chi connectivity index (χ0v) is 31.6. The van der Waals surface area contributed by atoms with Gasteiger partial charge in [0.15, 0.2) is 0 Å². The van der Waals surface area contributed by atoms with Gasteiger partial charge in [0.05, 0.1) is 27.8 Å². The Hall–Kier alpha value is -7.27. The molecule has 0 aliphatic carbocycles. The lowest BCUT2D eigenvalue weighted by Crippen LogP contribution is -2.00. The van der Waals surface area contributed by atoms with Crippen molar-refractivity contribution in [2.75, 3.05) is 0 Å². The van der Waals surface area contributed by atoms with Crippen LogP contribution in [0.1, 0.15) is 0 Å². The minimum absolute atomic E-state index is 0.890. The first-order chi connectivity index (χ1) is 28.3. The summed E-state index contributed by atoms with van der Waals surface area (Å²) in [7, 11) is 0. The number of para-hydroxylation sites is 3. The van der Waals surface area contributed by atoms with Crippen LogP contribution in [-0.4, -0.2) is 14.1 Å². The quantitative estimate of drug-likeness (QED) is 0.172. The van der Waals surface area contributed by atoms with Crippen LogP contribution < -0.4 is 0 Å². The highest BCUT2D eigenvalue weighted by atomic mass is 32.1. The molecule has 4 heterocycles. The second kappa shape index (κ2) is 12.6. The average Bonchev–Trinajstić information content (AvgIpc) is 3.95. The number of rotatable bonds is 5. The summed E-state index contributed by atoms with van der Waals surface area (Å²) in [6.07, 6.45) is 0. The molecule has 0 spiro atoms. The Labute approximate surface area is 333 Å². The highest BCUT2D eigenvalue weighted by Crippen LogP contribution is 2.44. The van der Waals surface area contributed by atoms with Crippen LogP contribution in [0.2, 0.25) is 0 Å². The molecule has 8 aromatic carbocycles. The average molecular weight is 744 g/mol. The van der Waals surface area contributed by atoms with Gasteiger partial charge >= 0.3 is 0 Å². The second-order valence-electron chi connectivity index (χ2n) is 14.7. The van der Waals surface area contributed by atoms with Crippen molar-refractivity contribution in [2.45, 2.75) is 0 Å². The Morgan fingerprint density at radius 1 is 0.386 bits per heavy atom. The van der Waals surface area contributed by atoms with E-state index in [9.17, 15) is 0 Å². The van der Waals surface area contributed by atoms with Crippen molar-refractivity contribution in [1.29, 1.82) is 0 Å². The summed E-state index contributed by atoms with van der Waals surface area (Å²) >= 11 is 1.85. The normalized spacial score (nSPS) is 11.9. The predicted octanol–water partition coefficient (Wildman–Crippen LogP) is 14.6. The van der Waals surface area contributed by atoms with E-state index in [1.165, 1.54) is 63.9 Å². The molecule has 0 fully saturated rings. The Morgan fingerprint density at radius 2 is 1.00 bits per heavy atom. The summed E-state index contributed by atoms with van der Waals surface area (Å²) in [4.78, 5) is 5.62. The van der Waals surface area contributed by atoms with E-state index in [0.29, 0.717) is 0 Å². The monoisotopic (exact) mass is 743 g/mol. The Bertz CT molecular complexity index is 3500. The molecule has 12 aromatic rings. The van der Waals surface area contributed by atoms with Crippen LogP contribution in [0.15, 0.2) is 200 Å². The third kappa shape index (κ3) is 4.94. The van der Waals surface area contributed by atoms with Gasteiger partial charge in [0, 0.05) is 53.0 Å². The number of fused-ring (bicyclic) bond motifs is 10. The van der Waals surface area contributed by atoms with Crippen molar-refractivity contribution in [3.05, 3.63) is 200 Å². The van der Waals surface area contributed by atoms with Gasteiger partial charge in [-0.2, -0.15) is 0 Å². The molecule has 266 valence electrons. The topological polar surface area (TPSA) is 22.8 Å². The van der Waals surface area contributed by atoms with Gasteiger partial charge in [-0.25, -0.2) is 4.98 Å². The van der Waals surface area contributed by atoms with Crippen molar-refractivity contribution in [2.24, 2.45) is 0 Å². The maximum Gasteiger partial charge on any atom is 0.138 e. The Balaban J connectivity index is 1.16. The molecule has 4 aromatic heterocycles. The van der Waals surface area contributed by atoms with Crippen LogP contribution >= 0.6 is 11.3 Å². The molecular weight excluding hydrogens is 711 g/mol. The molecule has 0 bridgehead atoms. The van der Waals surface area contributed by atoms with E-state index < -0.39 is 0 Å². The summed E-state index contributed by atoms with van der Waals surface area (Å²) in [6, 6.07) is 72.4. The highest BCUT2D eigenvalue weighted by Gasteiger charge is 2.22. The Kier molecular flexibility index (Phi) is 7.10. The predicted molar refractivity (Wildman–Crippen MR) is 242 cm³/mol. The number of benzene rings is 8. The summed E-state index contributed by atoms with van der Waals surface area (Å²) in [5, 5.41) is 7.45. The van der Waals surface area contributed by atoms with E-state index in [0.717, 1.165) is 44.9 Å². The molecule has 0 aliphatic rings. The van der Waals surface area contributed by atoms with Gasteiger partial charge in [-0.1, -0.05) is 152 Å². The molecule has 0 unspecified atom stereocenters. The smallest absolute Gasteiger partial charge is 0.138 e. The van der Waals surface area contributed by atoms with Gasteiger partial charge in [-0.05, 0) is 70.8 Å². The minimum Gasteiger partial charge on any atom is -0.309 e. The van der Waals surface area contributed by atoms with Crippen LogP contribution in [0.25, 0.3) is 109 Å². The maximum absolute atomic E-state index is 5.62. The highest BCUT2D eigenvalue weighted by molar-refractivity contribution is 7.26. The molecule has 4 heteroatoms. The summed E-state index contributed by atoms with van der Waals surface area (Å²) < 4.78 is 7.36. The number of pyridine rings is 1. The van der Waals surface area contributed by atoms with E-state index in [-0.39, 0.29) is 0 Å². The van der Waals surface area contributed by atoms with Crippen molar-refractivity contribution >= 4 is 75.1 Å². The molecule has 12 rings (SSSR count). The number of nitrogens with zero attached hydrogens (tertiary/aromatic N) is 3. The summed E-state index contributed by atoms with van der Waals surface area (Å²) in [6.45, 7) is 0. The van der Waals surface area contributed by atoms with Gasteiger partial charge < -0.3 is 4.57 Å². The molecule has 0 aliphatic heterocycles. The fourth-order valence-electron chi connectivity index (χ4n) is 8.97. The standard InChI is InChI=1S/C53H33N3S/c1-3-14-34(15-4-1)35-26-28-36(29-27-35)37-32-45(43-22-13-21-42-40-19-9-12-25-49(40)57-53(42)43)54-50(33-37)56-47-24-11-8-20-44(47)51-48(56)31-30-41-39-18-7-10-23-46(39)55(52(41)51)38-16-5-2-6-17-38/h1-33H. The van der Waals surface area contributed by atoms with Gasteiger partial charge in [0.2, 0.25) is 0 Å². The zero-order chi connectivity index (χ0) is 37.5.